The average Bonchev–Trinajstić information content (AvgIpc) is 2.95. The van der Waals surface area contributed by atoms with Gasteiger partial charge in [0.25, 0.3) is 0 Å². The van der Waals surface area contributed by atoms with Gasteiger partial charge in [-0.1, -0.05) is 60.7 Å². The van der Waals surface area contributed by atoms with Crippen LogP contribution in [-0.4, -0.2) is 44.7 Å². The van der Waals surface area contributed by atoms with Crippen LogP contribution in [-0.2, 0) is 14.3 Å². The zero-order chi connectivity index (χ0) is 19.9. The predicted octanol–water partition coefficient (Wildman–Crippen LogP) is 2.99. The lowest BCUT2D eigenvalue weighted by molar-refractivity contribution is -0.170. The summed E-state index contributed by atoms with van der Waals surface area (Å²) in [5.74, 6) is -1.02. The summed E-state index contributed by atoms with van der Waals surface area (Å²) in [5.41, 5.74) is 1.76. The Hall–Kier alpha value is -2.31. The van der Waals surface area contributed by atoms with E-state index in [4.69, 9.17) is 4.74 Å². The lowest BCUT2D eigenvalue weighted by Gasteiger charge is -2.43. The Labute approximate surface area is 168 Å². The molecule has 0 radical (unpaired) electrons. The van der Waals surface area contributed by atoms with Gasteiger partial charge in [0.1, 0.15) is 6.04 Å². The molecule has 0 aromatic heterocycles. The fraction of sp³-hybridized carbons (Fsp3) is 0.364. The Balaban J connectivity index is 1.62. The number of carbonyl (C=O) groups excluding carboxylic acids is 2. The van der Waals surface area contributed by atoms with E-state index in [1.807, 2.05) is 74.5 Å². The molecule has 28 heavy (non-hydrogen) atoms. The summed E-state index contributed by atoms with van der Waals surface area (Å²) in [6.45, 7) is 3.70. The fourth-order valence-electron chi connectivity index (χ4n) is 4.00. The third-order valence-corrected chi connectivity index (χ3v) is 7.04. The molecule has 146 valence electrons. The van der Waals surface area contributed by atoms with E-state index < -0.39 is 28.8 Å². The molecule has 0 unspecified atom stereocenters. The van der Waals surface area contributed by atoms with Crippen LogP contribution in [0.2, 0.25) is 0 Å². The topological polar surface area (TPSA) is 66.8 Å². The fourth-order valence-corrected chi connectivity index (χ4v) is 5.67. The minimum atomic E-state index is -0.673. The summed E-state index contributed by atoms with van der Waals surface area (Å²) >= 11 is 1.55. The van der Waals surface area contributed by atoms with E-state index in [9.17, 15) is 14.7 Å². The standard InChI is InChI=1S/C22H23NO4S/c1-22(2)18(23-19(25)16(13-24)20(23)28-22)21(26)27-17(14-9-5-3-6-10-14)15-11-7-4-8-12-15/h3-12,16-18,20,24H,13H2,1-2H3/t16-,18+,20-/m1/s1. The smallest absolute Gasteiger partial charge is 0.331 e. The number of carbonyl (C=O) groups is 2. The van der Waals surface area contributed by atoms with Gasteiger partial charge < -0.3 is 14.7 Å². The van der Waals surface area contributed by atoms with Gasteiger partial charge in [-0.15, -0.1) is 11.8 Å². The van der Waals surface area contributed by atoms with Crippen molar-refractivity contribution in [2.75, 3.05) is 6.61 Å². The van der Waals surface area contributed by atoms with Crippen molar-refractivity contribution in [3.8, 4) is 0 Å². The number of aliphatic hydroxyl groups is 1. The number of β-lactam (4-membered cyclic amide) rings is 1. The van der Waals surface area contributed by atoms with Gasteiger partial charge in [0, 0.05) is 4.75 Å². The summed E-state index contributed by atoms with van der Waals surface area (Å²) in [5, 5.41) is 9.29. The van der Waals surface area contributed by atoms with Crippen molar-refractivity contribution in [1.82, 2.24) is 4.90 Å². The first-order chi connectivity index (χ1) is 13.4. The van der Waals surface area contributed by atoms with Gasteiger partial charge in [0.2, 0.25) is 5.91 Å². The normalized spacial score (nSPS) is 25.4. The maximum atomic E-state index is 13.3. The third kappa shape index (κ3) is 3.10. The molecule has 0 spiro atoms. The molecule has 2 aromatic rings. The summed E-state index contributed by atoms with van der Waals surface area (Å²) in [7, 11) is 0. The number of thioether (sulfide) groups is 1. The molecule has 4 rings (SSSR count). The maximum absolute atomic E-state index is 13.3. The maximum Gasteiger partial charge on any atom is 0.331 e. The van der Waals surface area contributed by atoms with Crippen LogP contribution in [0.15, 0.2) is 60.7 Å². The van der Waals surface area contributed by atoms with Gasteiger partial charge in [0.15, 0.2) is 6.10 Å². The molecule has 2 aliphatic heterocycles. The van der Waals surface area contributed by atoms with E-state index >= 15 is 0 Å². The van der Waals surface area contributed by atoms with Crippen molar-refractivity contribution in [3.63, 3.8) is 0 Å². The highest BCUT2D eigenvalue weighted by molar-refractivity contribution is 8.01. The SMILES string of the molecule is CC1(C)S[C@@H]2[C@H](CO)C(=O)N2[C@H]1C(=O)OC(c1ccccc1)c1ccccc1. The van der Waals surface area contributed by atoms with E-state index in [2.05, 4.69) is 0 Å². The Morgan fingerprint density at radius 3 is 2.14 bits per heavy atom. The molecule has 2 aromatic carbocycles. The summed E-state index contributed by atoms with van der Waals surface area (Å²) in [4.78, 5) is 27.3. The molecule has 1 N–H and O–H groups in total. The zero-order valence-corrected chi connectivity index (χ0v) is 16.6. The highest BCUT2D eigenvalue weighted by atomic mass is 32.2. The minimum absolute atomic E-state index is 0.169. The van der Waals surface area contributed by atoms with E-state index in [0.29, 0.717) is 0 Å². The number of amides is 1. The molecule has 2 saturated heterocycles. The molecule has 2 fully saturated rings. The molecular formula is C22H23NO4S. The van der Waals surface area contributed by atoms with Crippen molar-refractivity contribution in [1.29, 1.82) is 0 Å². The van der Waals surface area contributed by atoms with E-state index in [0.717, 1.165) is 11.1 Å². The molecule has 5 nitrogen and oxygen atoms in total. The second-order valence-corrected chi connectivity index (χ2v) is 9.46. The number of benzene rings is 2. The molecule has 3 atom stereocenters. The number of ether oxygens (including phenoxy) is 1. The van der Waals surface area contributed by atoms with Crippen LogP contribution in [0.25, 0.3) is 0 Å². The van der Waals surface area contributed by atoms with Crippen molar-refractivity contribution in [3.05, 3.63) is 71.8 Å². The lowest BCUT2D eigenvalue weighted by Crippen LogP contribution is -2.63. The number of hydrogen-bond donors (Lipinski definition) is 1. The van der Waals surface area contributed by atoms with Crippen molar-refractivity contribution in [2.24, 2.45) is 5.92 Å². The lowest BCUT2D eigenvalue weighted by atomic mass is 9.92. The average molecular weight is 397 g/mol. The molecule has 0 saturated carbocycles. The monoisotopic (exact) mass is 397 g/mol. The van der Waals surface area contributed by atoms with E-state index in [1.165, 1.54) is 0 Å². The molecular weight excluding hydrogens is 374 g/mol. The number of esters is 1. The Morgan fingerprint density at radius 1 is 1.11 bits per heavy atom. The highest BCUT2D eigenvalue weighted by Gasteiger charge is 2.63. The summed E-state index contributed by atoms with van der Waals surface area (Å²) in [6, 6.07) is 18.5. The quantitative estimate of drug-likeness (QED) is 0.621. The van der Waals surface area contributed by atoms with Crippen LogP contribution in [0.5, 0.6) is 0 Å². The van der Waals surface area contributed by atoms with Crippen molar-refractivity contribution in [2.45, 2.75) is 36.1 Å². The second kappa shape index (κ2) is 7.26. The number of nitrogens with zero attached hydrogens (tertiary/aromatic N) is 1. The first kappa shape index (κ1) is 19.0. The van der Waals surface area contributed by atoms with Gasteiger partial charge in [-0.25, -0.2) is 4.79 Å². The Kier molecular flexibility index (Phi) is 4.93. The number of hydrogen-bond acceptors (Lipinski definition) is 5. The predicted molar refractivity (Wildman–Crippen MR) is 107 cm³/mol. The molecule has 6 heteroatoms. The molecule has 2 aliphatic rings. The van der Waals surface area contributed by atoms with Crippen LogP contribution in [0.3, 0.4) is 0 Å². The van der Waals surface area contributed by atoms with E-state index in [1.54, 1.807) is 16.7 Å². The van der Waals surface area contributed by atoms with Gasteiger partial charge >= 0.3 is 5.97 Å². The van der Waals surface area contributed by atoms with Gasteiger partial charge in [-0.2, -0.15) is 0 Å². The van der Waals surface area contributed by atoms with Gasteiger partial charge in [-0.05, 0) is 25.0 Å². The van der Waals surface area contributed by atoms with Crippen LogP contribution in [0.1, 0.15) is 31.1 Å². The van der Waals surface area contributed by atoms with Crippen LogP contribution in [0, 0.1) is 5.92 Å². The molecule has 0 aliphatic carbocycles. The first-order valence-corrected chi connectivity index (χ1v) is 10.2. The summed E-state index contributed by atoms with van der Waals surface area (Å²) < 4.78 is 5.52. The van der Waals surface area contributed by atoms with E-state index in [-0.39, 0.29) is 17.9 Å². The first-order valence-electron chi connectivity index (χ1n) is 9.35. The van der Waals surface area contributed by atoms with Crippen LogP contribution < -0.4 is 0 Å². The van der Waals surface area contributed by atoms with Crippen molar-refractivity contribution >= 4 is 23.6 Å². The number of aliphatic hydroxyl groups excluding tert-OH is 1. The second-order valence-electron chi connectivity index (χ2n) is 7.69. The van der Waals surface area contributed by atoms with Crippen LogP contribution in [0.4, 0.5) is 0 Å². The number of rotatable bonds is 5. The molecule has 2 heterocycles. The summed E-state index contributed by atoms with van der Waals surface area (Å²) in [6.07, 6.45) is -0.542. The minimum Gasteiger partial charge on any atom is -0.451 e. The zero-order valence-electron chi connectivity index (χ0n) is 15.8. The molecule has 0 bridgehead atoms. The van der Waals surface area contributed by atoms with Crippen molar-refractivity contribution < 1.29 is 19.4 Å². The highest BCUT2D eigenvalue weighted by Crippen LogP contribution is 2.53. The van der Waals surface area contributed by atoms with Gasteiger partial charge in [-0.3, -0.25) is 4.79 Å². The number of fused-ring (bicyclic) bond motifs is 1. The van der Waals surface area contributed by atoms with Gasteiger partial charge in [0.05, 0.1) is 17.9 Å². The van der Waals surface area contributed by atoms with Crippen LogP contribution >= 0.6 is 11.8 Å². The largest absolute Gasteiger partial charge is 0.451 e. The Bertz CT molecular complexity index is 831. The molecule has 1 amide bonds. The Morgan fingerprint density at radius 2 is 1.64 bits per heavy atom. The third-order valence-electron chi connectivity index (χ3n) is 5.41.